The number of nitrogens with zero attached hydrogens (tertiary/aromatic N) is 3. The van der Waals surface area contributed by atoms with Gasteiger partial charge in [-0.1, -0.05) is 44.2 Å². The van der Waals surface area contributed by atoms with E-state index in [1.54, 1.807) is 0 Å². The average Bonchev–Trinajstić information content (AvgIpc) is 2.90. The van der Waals surface area contributed by atoms with Gasteiger partial charge >= 0.3 is 0 Å². The highest BCUT2D eigenvalue weighted by atomic mass is 15.1. The smallest absolute Gasteiger partial charge is 0.154 e. The minimum atomic E-state index is 0.678. The van der Waals surface area contributed by atoms with E-state index in [0.717, 1.165) is 42.2 Å². The number of anilines is 1. The maximum atomic E-state index is 4.63. The Bertz CT molecular complexity index is 775. The average molecular weight is 308 g/mol. The number of aromatic nitrogens is 3. The summed E-state index contributed by atoms with van der Waals surface area (Å²) in [5.41, 5.74) is 3.36. The lowest BCUT2D eigenvalue weighted by Gasteiger charge is -2.12. The molecule has 0 atom stereocenters. The Morgan fingerprint density at radius 3 is 2.61 bits per heavy atom. The van der Waals surface area contributed by atoms with Crippen LogP contribution in [0.3, 0.4) is 0 Å². The van der Waals surface area contributed by atoms with Crippen molar-refractivity contribution in [2.75, 3.05) is 11.9 Å². The van der Waals surface area contributed by atoms with Crippen LogP contribution in [0.5, 0.6) is 0 Å². The van der Waals surface area contributed by atoms with Crippen LogP contribution in [0, 0.1) is 12.8 Å². The van der Waals surface area contributed by atoms with Gasteiger partial charge in [0.25, 0.3) is 0 Å². The zero-order valence-corrected chi connectivity index (χ0v) is 14.1. The van der Waals surface area contributed by atoms with Gasteiger partial charge in [-0.25, -0.2) is 9.97 Å². The van der Waals surface area contributed by atoms with Crippen molar-refractivity contribution in [3.8, 4) is 0 Å². The van der Waals surface area contributed by atoms with E-state index in [4.69, 9.17) is 0 Å². The number of nitrogens with one attached hydrogen (secondary N) is 1. The van der Waals surface area contributed by atoms with E-state index in [2.05, 4.69) is 70.2 Å². The maximum absolute atomic E-state index is 4.63. The Labute approximate surface area is 137 Å². The second kappa shape index (κ2) is 6.82. The van der Waals surface area contributed by atoms with Crippen LogP contribution in [0.4, 0.5) is 5.82 Å². The number of aryl methyl sites for hydroxylation is 1. The molecule has 3 rings (SSSR count). The maximum Gasteiger partial charge on any atom is 0.154 e. The van der Waals surface area contributed by atoms with Gasteiger partial charge in [0, 0.05) is 19.3 Å². The van der Waals surface area contributed by atoms with Crippen molar-refractivity contribution in [2.45, 2.75) is 33.7 Å². The largest absolute Gasteiger partial charge is 0.368 e. The highest BCUT2D eigenvalue weighted by molar-refractivity contribution is 5.86. The SMILES string of the molecule is Cc1nc(NCCC(C)C)c2c(ccn2Cc2ccccc2)n1. The van der Waals surface area contributed by atoms with Crippen LogP contribution < -0.4 is 5.32 Å². The summed E-state index contributed by atoms with van der Waals surface area (Å²) in [5, 5.41) is 3.50. The lowest BCUT2D eigenvalue weighted by Crippen LogP contribution is -2.10. The van der Waals surface area contributed by atoms with Crippen molar-refractivity contribution in [1.82, 2.24) is 14.5 Å². The molecule has 120 valence electrons. The fraction of sp³-hybridized carbons (Fsp3) is 0.368. The molecule has 2 heterocycles. The Kier molecular flexibility index (Phi) is 4.60. The normalized spacial score (nSPS) is 11.3. The second-order valence-corrected chi connectivity index (χ2v) is 6.39. The van der Waals surface area contributed by atoms with E-state index < -0.39 is 0 Å². The van der Waals surface area contributed by atoms with Crippen LogP contribution in [0.15, 0.2) is 42.6 Å². The molecule has 0 spiro atoms. The number of hydrogen-bond donors (Lipinski definition) is 1. The first-order valence-corrected chi connectivity index (χ1v) is 8.25. The van der Waals surface area contributed by atoms with Gasteiger partial charge in [-0.15, -0.1) is 0 Å². The molecule has 0 amide bonds. The van der Waals surface area contributed by atoms with Crippen molar-refractivity contribution in [1.29, 1.82) is 0 Å². The molecule has 0 saturated heterocycles. The summed E-state index contributed by atoms with van der Waals surface area (Å²) >= 11 is 0. The van der Waals surface area contributed by atoms with Gasteiger partial charge in [0.05, 0.1) is 5.52 Å². The van der Waals surface area contributed by atoms with E-state index in [1.165, 1.54) is 5.56 Å². The van der Waals surface area contributed by atoms with Crippen molar-refractivity contribution in [3.63, 3.8) is 0 Å². The fourth-order valence-corrected chi connectivity index (χ4v) is 2.74. The van der Waals surface area contributed by atoms with Crippen LogP contribution in [-0.4, -0.2) is 21.1 Å². The monoisotopic (exact) mass is 308 g/mol. The van der Waals surface area contributed by atoms with Gasteiger partial charge in [0.15, 0.2) is 5.82 Å². The van der Waals surface area contributed by atoms with Crippen LogP contribution >= 0.6 is 0 Å². The molecule has 3 aromatic rings. The van der Waals surface area contributed by atoms with Crippen LogP contribution in [0.25, 0.3) is 11.0 Å². The molecular weight excluding hydrogens is 284 g/mol. The number of hydrogen-bond acceptors (Lipinski definition) is 3. The highest BCUT2D eigenvalue weighted by Crippen LogP contribution is 2.23. The van der Waals surface area contributed by atoms with Gasteiger partial charge in [0.1, 0.15) is 11.3 Å². The van der Waals surface area contributed by atoms with E-state index in [-0.39, 0.29) is 0 Å². The van der Waals surface area contributed by atoms with Gasteiger partial charge in [0.2, 0.25) is 0 Å². The fourth-order valence-electron chi connectivity index (χ4n) is 2.74. The molecule has 0 aliphatic carbocycles. The van der Waals surface area contributed by atoms with E-state index in [0.29, 0.717) is 5.92 Å². The lowest BCUT2D eigenvalue weighted by atomic mass is 10.1. The summed E-state index contributed by atoms with van der Waals surface area (Å²) in [7, 11) is 0. The first-order valence-electron chi connectivity index (χ1n) is 8.25. The quantitative estimate of drug-likeness (QED) is 0.740. The molecule has 0 bridgehead atoms. The summed E-state index contributed by atoms with van der Waals surface area (Å²) < 4.78 is 2.22. The van der Waals surface area contributed by atoms with Gasteiger partial charge in [-0.2, -0.15) is 0 Å². The van der Waals surface area contributed by atoms with Gasteiger partial charge in [-0.3, -0.25) is 0 Å². The minimum absolute atomic E-state index is 0.678. The first kappa shape index (κ1) is 15.5. The third-order valence-corrected chi connectivity index (χ3v) is 3.93. The molecule has 0 aliphatic heterocycles. The third-order valence-electron chi connectivity index (χ3n) is 3.93. The van der Waals surface area contributed by atoms with Crippen LogP contribution in [0.1, 0.15) is 31.7 Å². The molecule has 4 heteroatoms. The Morgan fingerprint density at radius 1 is 1.09 bits per heavy atom. The van der Waals surface area contributed by atoms with Crippen LogP contribution in [-0.2, 0) is 6.54 Å². The summed E-state index contributed by atoms with van der Waals surface area (Å²) in [6, 6.07) is 12.6. The Hall–Kier alpha value is -2.36. The van der Waals surface area contributed by atoms with Crippen LogP contribution in [0.2, 0.25) is 0 Å². The molecule has 0 aliphatic rings. The molecule has 1 aromatic carbocycles. The van der Waals surface area contributed by atoms with E-state index in [1.807, 2.05) is 13.0 Å². The molecule has 0 fully saturated rings. The number of fused-ring (bicyclic) bond motifs is 1. The minimum Gasteiger partial charge on any atom is -0.368 e. The predicted molar refractivity (Wildman–Crippen MR) is 95.8 cm³/mol. The lowest BCUT2D eigenvalue weighted by molar-refractivity contribution is 0.606. The second-order valence-electron chi connectivity index (χ2n) is 6.39. The summed E-state index contributed by atoms with van der Waals surface area (Å²) in [6.07, 6.45) is 3.23. The standard InChI is InChI=1S/C19H24N4/c1-14(2)9-11-20-19-18-17(21-15(3)22-19)10-12-23(18)13-16-7-5-4-6-8-16/h4-8,10,12,14H,9,11,13H2,1-3H3,(H,20,21,22). The van der Waals surface area contributed by atoms with Crippen molar-refractivity contribution < 1.29 is 0 Å². The van der Waals surface area contributed by atoms with Crippen molar-refractivity contribution in [2.24, 2.45) is 5.92 Å². The molecule has 0 unspecified atom stereocenters. The molecule has 0 radical (unpaired) electrons. The first-order chi connectivity index (χ1) is 11.1. The third kappa shape index (κ3) is 3.70. The number of benzene rings is 1. The molecule has 2 aromatic heterocycles. The molecule has 1 N–H and O–H groups in total. The molecule has 0 saturated carbocycles. The predicted octanol–water partition coefficient (Wildman–Crippen LogP) is 4.25. The van der Waals surface area contributed by atoms with Gasteiger partial charge < -0.3 is 9.88 Å². The molecule has 4 nitrogen and oxygen atoms in total. The van der Waals surface area contributed by atoms with Crippen molar-refractivity contribution >= 4 is 16.9 Å². The number of rotatable bonds is 6. The summed E-state index contributed by atoms with van der Waals surface area (Å²) in [4.78, 5) is 9.20. The zero-order chi connectivity index (χ0) is 16.2. The topological polar surface area (TPSA) is 42.7 Å². The zero-order valence-electron chi connectivity index (χ0n) is 14.1. The van der Waals surface area contributed by atoms with E-state index >= 15 is 0 Å². The highest BCUT2D eigenvalue weighted by Gasteiger charge is 2.11. The molecule has 23 heavy (non-hydrogen) atoms. The Balaban J connectivity index is 1.93. The Morgan fingerprint density at radius 2 is 1.87 bits per heavy atom. The summed E-state index contributed by atoms with van der Waals surface area (Å²) in [6.45, 7) is 8.18. The van der Waals surface area contributed by atoms with Gasteiger partial charge in [-0.05, 0) is 30.9 Å². The summed E-state index contributed by atoms with van der Waals surface area (Å²) in [5.74, 6) is 2.42. The van der Waals surface area contributed by atoms with Crippen molar-refractivity contribution in [3.05, 3.63) is 54.0 Å². The molecular formula is C19H24N4. The van der Waals surface area contributed by atoms with E-state index in [9.17, 15) is 0 Å².